The van der Waals surface area contributed by atoms with Crippen molar-refractivity contribution in [2.75, 3.05) is 0 Å². The zero-order chi connectivity index (χ0) is 14.5. The molecule has 0 saturated carbocycles. The summed E-state index contributed by atoms with van der Waals surface area (Å²) >= 11 is 0.336. The van der Waals surface area contributed by atoms with Crippen LogP contribution < -0.4 is 4.59 Å². The average Bonchev–Trinajstić information content (AvgIpc) is 2.96. The normalized spacial score (nSPS) is 12.2. The van der Waals surface area contributed by atoms with Crippen molar-refractivity contribution >= 4 is 19.5 Å². The Hall–Kier alpha value is -1.83. The fourth-order valence-corrected chi connectivity index (χ4v) is 4.38. The maximum atomic E-state index is 5.88. The number of hydrogen-bond donors (Lipinski definition) is 0. The molecule has 1 atom stereocenters. The summed E-state index contributed by atoms with van der Waals surface area (Å²) in [7, 11) is 0. The second kappa shape index (κ2) is 6.75. The van der Waals surface area contributed by atoms with E-state index in [0.29, 0.717) is 20.9 Å². The topological polar surface area (TPSA) is 26.0 Å². The van der Waals surface area contributed by atoms with Crippen LogP contribution in [0, 0.1) is 6.92 Å². The van der Waals surface area contributed by atoms with Gasteiger partial charge >= 0.3 is 131 Å². The molecule has 0 aliphatic carbocycles. The van der Waals surface area contributed by atoms with Crippen molar-refractivity contribution in [2.45, 2.75) is 18.2 Å². The van der Waals surface area contributed by atoms with E-state index >= 15 is 0 Å². The van der Waals surface area contributed by atoms with Gasteiger partial charge in [0.05, 0.1) is 0 Å². The predicted octanol–water partition coefficient (Wildman–Crippen LogP) is 3.56. The van der Waals surface area contributed by atoms with Gasteiger partial charge in [-0.2, -0.15) is 0 Å². The number of hydrogen-bond acceptors (Lipinski definition) is 2. The Morgan fingerprint density at radius 3 is 2.48 bits per heavy atom. The summed E-state index contributed by atoms with van der Waals surface area (Å²) in [5.41, 5.74) is 1.31. The molecule has 3 heteroatoms. The average molecular weight is 342 g/mol. The van der Waals surface area contributed by atoms with Gasteiger partial charge in [0.15, 0.2) is 0 Å². The maximum absolute atomic E-state index is 5.88. The molecule has 2 nitrogen and oxygen atoms in total. The van der Waals surface area contributed by atoms with E-state index in [0.717, 1.165) is 16.8 Å². The van der Waals surface area contributed by atoms with Crippen LogP contribution in [0.2, 0.25) is 5.32 Å². The first-order chi connectivity index (χ1) is 10.3. The first kappa shape index (κ1) is 14.1. The Morgan fingerprint density at radius 1 is 1.00 bits per heavy atom. The van der Waals surface area contributed by atoms with E-state index in [-0.39, 0.29) is 0 Å². The molecule has 0 bridgehead atoms. The molecule has 3 aromatic rings. The van der Waals surface area contributed by atoms with Crippen LogP contribution in [0.25, 0.3) is 0 Å². The van der Waals surface area contributed by atoms with E-state index in [2.05, 4.69) is 53.5 Å². The fraction of sp³-hybridized carbons (Fsp3) is 0.167. The van der Waals surface area contributed by atoms with Crippen molar-refractivity contribution in [3.05, 3.63) is 83.9 Å². The molecule has 1 aromatic carbocycles. The number of pyridine rings is 1. The van der Waals surface area contributed by atoms with Crippen molar-refractivity contribution in [1.82, 2.24) is 4.98 Å². The summed E-state index contributed by atoms with van der Waals surface area (Å²) in [4.78, 5) is 4.44. The number of furan rings is 1. The summed E-state index contributed by atoms with van der Waals surface area (Å²) in [5.74, 6) is 2.33. The SMILES string of the molecule is Cc1ccc([C@@H](C[Se]c2ccccn2)c2ccccc2)o1. The van der Waals surface area contributed by atoms with Gasteiger partial charge in [-0.1, -0.05) is 0 Å². The van der Waals surface area contributed by atoms with Crippen molar-refractivity contribution in [3.63, 3.8) is 0 Å². The first-order valence-electron chi connectivity index (χ1n) is 6.98. The van der Waals surface area contributed by atoms with E-state index in [9.17, 15) is 0 Å². The molecule has 0 aliphatic heterocycles. The molecule has 0 N–H and O–H groups in total. The van der Waals surface area contributed by atoms with Gasteiger partial charge in [-0.3, -0.25) is 0 Å². The quantitative estimate of drug-likeness (QED) is 0.663. The van der Waals surface area contributed by atoms with Gasteiger partial charge in [0.25, 0.3) is 0 Å². The summed E-state index contributed by atoms with van der Waals surface area (Å²) < 4.78 is 7.07. The van der Waals surface area contributed by atoms with Crippen molar-refractivity contribution in [1.29, 1.82) is 0 Å². The standard InChI is InChI=1S/C18H17NOSe/c1-14-10-11-17(20-14)16(15-7-3-2-4-8-15)13-21-18-9-5-6-12-19-18/h2-12,16H,13H2,1H3/t16-/m0/s1. The monoisotopic (exact) mass is 343 g/mol. The van der Waals surface area contributed by atoms with E-state index in [1.165, 1.54) is 10.2 Å². The zero-order valence-electron chi connectivity index (χ0n) is 11.9. The van der Waals surface area contributed by atoms with Crippen LogP contribution in [0.3, 0.4) is 0 Å². The molecule has 0 amide bonds. The fourth-order valence-electron chi connectivity index (χ4n) is 2.27. The minimum atomic E-state index is 0.307. The molecular formula is C18H17NOSe. The van der Waals surface area contributed by atoms with E-state index < -0.39 is 0 Å². The molecular weight excluding hydrogens is 325 g/mol. The van der Waals surface area contributed by atoms with Gasteiger partial charge in [-0.05, 0) is 0 Å². The van der Waals surface area contributed by atoms with Crippen LogP contribution in [0.15, 0.2) is 71.3 Å². The molecule has 0 spiro atoms. The summed E-state index contributed by atoms with van der Waals surface area (Å²) in [6.45, 7) is 2.00. The van der Waals surface area contributed by atoms with Gasteiger partial charge in [0, 0.05) is 0 Å². The molecule has 2 heterocycles. The summed E-state index contributed by atoms with van der Waals surface area (Å²) in [6.07, 6.45) is 1.87. The van der Waals surface area contributed by atoms with Gasteiger partial charge in [-0.15, -0.1) is 0 Å². The van der Waals surface area contributed by atoms with E-state index in [1.54, 1.807) is 0 Å². The molecule has 106 valence electrons. The number of nitrogens with zero attached hydrogens (tertiary/aromatic N) is 1. The Morgan fingerprint density at radius 2 is 1.81 bits per heavy atom. The molecule has 3 rings (SSSR count). The molecule has 0 fully saturated rings. The van der Waals surface area contributed by atoms with E-state index in [1.807, 2.05) is 25.3 Å². The second-order valence-corrected chi connectivity index (χ2v) is 7.07. The Balaban J connectivity index is 1.83. The Kier molecular flexibility index (Phi) is 4.54. The van der Waals surface area contributed by atoms with Crippen LogP contribution in [-0.2, 0) is 0 Å². The molecule has 0 aliphatic rings. The number of aromatic nitrogens is 1. The van der Waals surface area contributed by atoms with Crippen molar-refractivity contribution in [2.24, 2.45) is 0 Å². The van der Waals surface area contributed by atoms with Crippen molar-refractivity contribution < 1.29 is 4.42 Å². The molecule has 0 radical (unpaired) electrons. The van der Waals surface area contributed by atoms with Crippen molar-refractivity contribution in [3.8, 4) is 0 Å². The molecule has 21 heavy (non-hydrogen) atoms. The predicted molar refractivity (Wildman–Crippen MR) is 86.2 cm³/mol. The number of benzene rings is 1. The van der Waals surface area contributed by atoms with Gasteiger partial charge in [0.1, 0.15) is 0 Å². The Bertz CT molecular complexity index is 679. The third-order valence-electron chi connectivity index (χ3n) is 3.34. The van der Waals surface area contributed by atoms with Crippen LogP contribution >= 0.6 is 0 Å². The van der Waals surface area contributed by atoms with Crippen LogP contribution in [0.4, 0.5) is 0 Å². The third-order valence-corrected chi connectivity index (χ3v) is 5.52. The summed E-state index contributed by atoms with van der Waals surface area (Å²) in [6, 6.07) is 20.8. The second-order valence-electron chi connectivity index (χ2n) is 4.89. The number of rotatable bonds is 5. The van der Waals surface area contributed by atoms with Crippen LogP contribution in [0.1, 0.15) is 23.0 Å². The molecule has 2 aromatic heterocycles. The van der Waals surface area contributed by atoms with Gasteiger partial charge in [-0.25, -0.2) is 0 Å². The van der Waals surface area contributed by atoms with Gasteiger partial charge < -0.3 is 0 Å². The summed E-state index contributed by atoms with van der Waals surface area (Å²) in [5, 5.41) is 1.06. The van der Waals surface area contributed by atoms with Crippen LogP contribution in [0.5, 0.6) is 0 Å². The first-order valence-corrected chi connectivity index (χ1v) is 9.05. The van der Waals surface area contributed by atoms with E-state index in [4.69, 9.17) is 4.42 Å². The number of aryl methyl sites for hydroxylation is 1. The minimum absolute atomic E-state index is 0.307. The zero-order valence-corrected chi connectivity index (χ0v) is 13.6. The van der Waals surface area contributed by atoms with Crippen LogP contribution in [-0.4, -0.2) is 19.9 Å². The molecule has 0 saturated heterocycles. The third kappa shape index (κ3) is 3.63. The Labute approximate surface area is 131 Å². The van der Waals surface area contributed by atoms with Gasteiger partial charge in [0.2, 0.25) is 0 Å². The molecule has 0 unspecified atom stereocenters.